The van der Waals surface area contributed by atoms with Crippen LogP contribution in [0.4, 0.5) is 11.4 Å². The summed E-state index contributed by atoms with van der Waals surface area (Å²) in [6.07, 6.45) is 0.522. The van der Waals surface area contributed by atoms with Crippen molar-refractivity contribution in [3.8, 4) is 17.2 Å². The highest BCUT2D eigenvalue weighted by Gasteiger charge is 2.48. The van der Waals surface area contributed by atoms with E-state index in [9.17, 15) is 9.59 Å². The van der Waals surface area contributed by atoms with E-state index in [-0.39, 0.29) is 23.7 Å². The van der Waals surface area contributed by atoms with E-state index in [1.165, 1.54) is 21.3 Å². The van der Waals surface area contributed by atoms with Crippen LogP contribution in [0.25, 0.3) is 0 Å². The lowest BCUT2D eigenvalue weighted by atomic mass is 10.2. The third kappa shape index (κ3) is 4.19. The molecule has 0 aromatic heterocycles. The van der Waals surface area contributed by atoms with E-state index in [1.54, 1.807) is 12.1 Å². The monoisotopic (exact) mass is 384 g/mol. The number of methoxy groups -OCH3 is 3. The van der Waals surface area contributed by atoms with Crippen molar-refractivity contribution in [1.29, 1.82) is 0 Å². The van der Waals surface area contributed by atoms with Gasteiger partial charge in [0.2, 0.25) is 17.6 Å². The van der Waals surface area contributed by atoms with Gasteiger partial charge in [0.25, 0.3) is 0 Å². The zero-order valence-corrected chi connectivity index (χ0v) is 16.4. The summed E-state index contributed by atoms with van der Waals surface area (Å²) in [7, 11) is 4.53. The zero-order valence-electron chi connectivity index (χ0n) is 16.4. The smallest absolute Gasteiger partial charge is 0.228 e. The summed E-state index contributed by atoms with van der Waals surface area (Å²) in [4.78, 5) is 24.9. The molecule has 28 heavy (non-hydrogen) atoms. The Balaban J connectivity index is 1.64. The Morgan fingerprint density at radius 2 is 1.43 bits per heavy atom. The maximum absolute atomic E-state index is 12.5. The minimum absolute atomic E-state index is 0.143. The Kier molecular flexibility index (Phi) is 5.73. The molecule has 0 aliphatic heterocycles. The SMILES string of the molecule is COc1cc(NC(=O)C2CC2C(=O)Nc2cccc(C)c2)cc(OC)c1OC. The Morgan fingerprint density at radius 3 is 1.93 bits per heavy atom. The summed E-state index contributed by atoms with van der Waals surface area (Å²) in [5.74, 6) is 0.300. The first kappa shape index (κ1) is 19.5. The molecule has 2 N–H and O–H groups in total. The average Bonchev–Trinajstić information content (AvgIpc) is 3.48. The predicted octanol–water partition coefficient (Wildman–Crippen LogP) is 3.23. The van der Waals surface area contributed by atoms with Crippen molar-refractivity contribution in [1.82, 2.24) is 0 Å². The van der Waals surface area contributed by atoms with E-state index < -0.39 is 0 Å². The molecule has 2 aromatic rings. The number of aryl methyl sites for hydroxylation is 1. The summed E-state index contributed by atoms with van der Waals surface area (Å²) in [5, 5.41) is 5.70. The van der Waals surface area contributed by atoms with Crippen molar-refractivity contribution in [3.63, 3.8) is 0 Å². The first-order valence-electron chi connectivity index (χ1n) is 8.95. The Hall–Kier alpha value is -3.22. The lowest BCUT2D eigenvalue weighted by Crippen LogP contribution is -2.20. The summed E-state index contributed by atoms with van der Waals surface area (Å²) < 4.78 is 15.9. The van der Waals surface area contributed by atoms with Crippen LogP contribution in [0.1, 0.15) is 12.0 Å². The van der Waals surface area contributed by atoms with E-state index in [0.717, 1.165) is 11.3 Å². The normalized spacial score (nSPS) is 17.4. The molecule has 1 saturated carbocycles. The highest BCUT2D eigenvalue weighted by Crippen LogP contribution is 2.42. The molecular weight excluding hydrogens is 360 g/mol. The first-order chi connectivity index (χ1) is 13.5. The van der Waals surface area contributed by atoms with Gasteiger partial charge in [0.1, 0.15) is 0 Å². The number of carbonyl (C=O) groups is 2. The van der Waals surface area contributed by atoms with E-state index >= 15 is 0 Å². The van der Waals surface area contributed by atoms with E-state index in [4.69, 9.17) is 14.2 Å². The van der Waals surface area contributed by atoms with Crippen molar-refractivity contribution in [2.24, 2.45) is 11.8 Å². The van der Waals surface area contributed by atoms with Gasteiger partial charge < -0.3 is 24.8 Å². The van der Waals surface area contributed by atoms with Gasteiger partial charge >= 0.3 is 0 Å². The van der Waals surface area contributed by atoms with Crippen molar-refractivity contribution < 1.29 is 23.8 Å². The van der Waals surface area contributed by atoms with Gasteiger partial charge in [0.05, 0.1) is 33.2 Å². The standard InChI is InChI=1S/C21H24N2O5/c1-12-6-5-7-13(8-12)22-20(24)15-11-16(15)21(25)23-14-9-17(26-2)19(28-4)18(10-14)27-3/h5-10,15-16H,11H2,1-4H3,(H,22,24)(H,23,25). The fraction of sp³-hybridized carbons (Fsp3) is 0.333. The molecule has 0 spiro atoms. The maximum atomic E-state index is 12.5. The molecule has 0 bridgehead atoms. The number of hydrogen-bond acceptors (Lipinski definition) is 5. The third-order valence-electron chi connectivity index (χ3n) is 4.68. The topological polar surface area (TPSA) is 85.9 Å². The number of anilines is 2. The molecular formula is C21H24N2O5. The highest BCUT2D eigenvalue weighted by atomic mass is 16.5. The molecule has 0 radical (unpaired) electrons. The van der Waals surface area contributed by atoms with Crippen LogP contribution in [0, 0.1) is 18.8 Å². The third-order valence-corrected chi connectivity index (χ3v) is 4.68. The number of nitrogens with one attached hydrogen (secondary N) is 2. The number of ether oxygens (including phenoxy) is 3. The number of benzene rings is 2. The first-order valence-corrected chi connectivity index (χ1v) is 8.95. The van der Waals surface area contributed by atoms with Crippen LogP contribution in [0.15, 0.2) is 36.4 Å². The van der Waals surface area contributed by atoms with Gasteiger partial charge in [-0.3, -0.25) is 9.59 Å². The Labute approximate surface area is 164 Å². The van der Waals surface area contributed by atoms with Crippen molar-refractivity contribution in [2.75, 3.05) is 32.0 Å². The van der Waals surface area contributed by atoms with Gasteiger partial charge in [-0.15, -0.1) is 0 Å². The Morgan fingerprint density at radius 1 is 0.857 bits per heavy atom. The highest BCUT2D eigenvalue weighted by molar-refractivity contribution is 6.03. The fourth-order valence-electron chi connectivity index (χ4n) is 3.12. The van der Waals surface area contributed by atoms with Crippen LogP contribution in [0.5, 0.6) is 17.2 Å². The summed E-state index contributed by atoms with van der Waals surface area (Å²) in [6, 6.07) is 10.9. The molecule has 2 amide bonds. The quantitative estimate of drug-likeness (QED) is 0.765. The molecule has 2 atom stereocenters. The zero-order chi connectivity index (χ0) is 20.3. The lowest BCUT2D eigenvalue weighted by Gasteiger charge is -2.14. The molecule has 1 aliphatic carbocycles. The summed E-state index contributed by atoms with van der Waals surface area (Å²) in [5.41, 5.74) is 2.32. The van der Waals surface area contributed by atoms with Gasteiger partial charge in [-0.25, -0.2) is 0 Å². The molecule has 1 fully saturated rings. The molecule has 3 rings (SSSR count). The molecule has 0 heterocycles. The second kappa shape index (κ2) is 8.21. The van der Waals surface area contributed by atoms with Gasteiger partial charge in [-0.1, -0.05) is 12.1 Å². The number of rotatable bonds is 7. The molecule has 7 nitrogen and oxygen atoms in total. The van der Waals surface area contributed by atoms with Crippen LogP contribution in [0.3, 0.4) is 0 Å². The van der Waals surface area contributed by atoms with E-state index in [0.29, 0.717) is 29.4 Å². The molecule has 1 aliphatic rings. The van der Waals surface area contributed by atoms with Crippen LogP contribution in [0.2, 0.25) is 0 Å². The molecule has 2 unspecified atom stereocenters. The summed E-state index contributed by atoms with van der Waals surface area (Å²) in [6.45, 7) is 1.96. The molecule has 7 heteroatoms. The van der Waals surface area contributed by atoms with Gasteiger partial charge in [-0.05, 0) is 31.0 Å². The average molecular weight is 384 g/mol. The van der Waals surface area contributed by atoms with Crippen molar-refractivity contribution in [3.05, 3.63) is 42.0 Å². The van der Waals surface area contributed by atoms with Crippen LogP contribution in [-0.4, -0.2) is 33.1 Å². The fourth-order valence-corrected chi connectivity index (χ4v) is 3.12. The molecule has 2 aromatic carbocycles. The second-order valence-corrected chi connectivity index (χ2v) is 6.71. The van der Waals surface area contributed by atoms with Crippen LogP contribution < -0.4 is 24.8 Å². The van der Waals surface area contributed by atoms with Crippen molar-refractivity contribution in [2.45, 2.75) is 13.3 Å². The number of amides is 2. The minimum atomic E-state index is -0.357. The number of carbonyl (C=O) groups excluding carboxylic acids is 2. The molecule has 148 valence electrons. The van der Waals surface area contributed by atoms with E-state index in [2.05, 4.69) is 10.6 Å². The predicted molar refractivity (Wildman–Crippen MR) is 106 cm³/mol. The van der Waals surface area contributed by atoms with Gasteiger partial charge in [0.15, 0.2) is 11.5 Å². The Bertz CT molecular complexity index is 871. The minimum Gasteiger partial charge on any atom is -0.493 e. The molecule has 0 saturated heterocycles. The van der Waals surface area contributed by atoms with Crippen LogP contribution in [-0.2, 0) is 9.59 Å². The van der Waals surface area contributed by atoms with Gasteiger partial charge in [-0.2, -0.15) is 0 Å². The largest absolute Gasteiger partial charge is 0.493 e. The van der Waals surface area contributed by atoms with Crippen molar-refractivity contribution >= 4 is 23.2 Å². The maximum Gasteiger partial charge on any atom is 0.228 e. The number of hydrogen-bond donors (Lipinski definition) is 2. The van der Waals surface area contributed by atoms with E-state index in [1.807, 2.05) is 31.2 Å². The summed E-state index contributed by atoms with van der Waals surface area (Å²) >= 11 is 0. The lowest BCUT2D eigenvalue weighted by molar-refractivity contribution is -0.122. The van der Waals surface area contributed by atoms with Gasteiger partial charge in [0, 0.05) is 23.5 Å². The van der Waals surface area contributed by atoms with Crippen LogP contribution >= 0.6 is 0 Å². The second-order valence-electron chi connectivity index (χ2n) is 6.71.